The van der Waals surface area contributed by atoms with Gasteiger partial charge in [-0.3, -0.25) is 9.69 Å². The van der Waals surface area contributed by atoms with Crippen LogP contribution in [-0.4, -0.2) is 55.6 Å². The van der Waals surface area contributed by atoms with E-state index in [2.05, 4.69) is 11.8 Å². The van der Waals surface area contributed by atoms with Crippen LogP contribution in [0.4, 0.5) is 13.2 Å². The molecule has 1 saturated heterocycles. The lowest BCUT2D eigenvalue weighted by molar-refractivity contribution is -0.137. The standard InChI is InChI=1S/C24H29F3N2O3S/c1-3-4-13-28-14-15-29(33(31,32)22-11-5-18(2)6-12-22)17-21(28)16-23(30)19-7-9-20(10-8-19)24(25,26)27/h5-12,21H,3-4,13-17H2,1-2H3. The Morgan fingerprint density at radius 3 is 2.24 bits per heavy atom. The van der Waals surface area contributed by atoms with Gasteiger partial charge >= 0.3 is 6.18 Å². The van der Waals surface area contributed by atoms with Crippen LogP contribution in [-0.2, 0) is 16.2 Å². The van der Waals surface area contributed by atoms with Crippen molar-refractivity contribution < 1.29 is 26.4 Å². The van der Waals surface area contributed by atoms with Gasteiger partial charge in [0, 0.05) is 37.7 Å². The summed E-state index contributed by atoms with van der Waals surface area (Å²) in [6.07, 6.45) is -2.56. The molecule has 0 amide bonds. The normalized spacial score (nSPS) is 18.4. The highest BCUT2D eigenvalue weighted by atomic mass is 32.2. The first kappa shape index (κ1) is 25.4. The number of carbonyl (C=O) groups is 1. The number of piperazine rings is 1. The minimum Gasteiger partial charge on any atom is -0.297 e. The smallest absolute Gasteiger partial charge is 0.297 e. The quantitative estimate of drug-likeness (QED) is 0.509. The molecule has 1 atom stereocenters. The highest BCUT2D eigenvalue weighted by Crippen LogP contribution is 2.29. The third-order valence-corrected chi connectivity index (χ3v) is 7.86. The van der Waals surface area contributed by atoms with Gasteiger partial charge in [-0.05, 0) is 44.2 Å². The van der Waals surface area contributed by atoms with Crippen molar-refractivity contribution in [2.75, 3.05) is 26.2 Å². The summed E-state index contributed by atoms with van der Waals surface area (Å²) >= 11 is 0. The SMILES string of the molecule is CCCCN1CCN(S(=O)(=O)c2ccc(C)cc2)CC1CC(=O)c1ccc(C(F)(F)F)cc1. The van der Waals surface area contributed by atoms with Crippen LogP contribution < -0.4 is 0 Å². The van der Waals surface area contributed by atoms with E-state index in [-0.39, 0.29) is 35.2 Å². The van der Waals surface area contributed by atoms with Gasteiger partial charge in [0.25, 0.3) is 0 Å². The molecule has 0 aliphatic carbocycles. The Morgan fingerprint density at radius 2 is 1.67 bits per heavy atom. The second-order valence-corrected chi connectivity index (χ2v) is 10.4. The van der Waals surface area contributed by atoms with E-state index in [1.165, 1.54) is 16.4 Å². The predicted octanol–water partition coefficient (Wildman–Crippen LogP) is 4.76. The van der Waals surface area contributed by atoms with Gasteiger partial charge in [0.2, 0.25) is 10.0 Å². The molecule has 3 rings (SSSR count). The molecule has 0 spiro atoms. The lowest BCUT2D eigenvalue weighted by Gasteiger charge is -2.40. The molecule has 9 heteroatoms. The lowest BCUT2D eigenvalue weighted by Crippen LogP contribution is -2.55. The third-order valence-electron chi connectivity index (χ3n) is 5.98. The monoisotopic (exact) mass is 482 g/mol. The number of carbonyl (C=O) groups excluding carboxylic acids is 1. The van der Waals surface area contributed by atoms with Gasteiger partial charge in [-0.15, -0.1) is 0 Å². The summed E-state index contributed by atoms with van der Waals surface area (Å²) in [6.45, 7) is 5.65. The molecule has 33 heavy (non-hydrogen) atoms. The Morgan fingerprint density at radius 1 is 1.03 bits per heavy atom. The van der Waals surface area contributed by atoms with Gasteiger partial charge in [-0.1, -0.05) is 43.2 Å². The van der Waals surface area contributed by atoms with Crippen LogP contribution in [0.5, 0.6) is 0 Å². The van der Waals surface area contributed by atoms with Gasteiger partial charge < -0.3 is 0 Å². The number of sulfonamides is 1. The Balaban J connectivity index is 1.78. The van der Waals surface area contributed by atoms with Crippen molar-refractivity contribution in [3.05, 3.63) is 65.2 Å². The highest BCUT2D eigenvalue weighted by Gasteiger charge is 2.35. The number of Topliss-reactive ketones (excluding diaryl/α,β-unsaturated/α-hetero) is 1. The molecule has 1 aliphatic heterocycles. The predicted molar refractivity (Wildman–Crippen MR) is 121 cm³/mol. The number of rotatable bonds is 8. The summed E-state index contributed by atoms with van der Waals surface area (Å²) in [5, 5.41) is 0. The van der Waals surface area contributed by atoms with E-state index in [1.54, 1.807) is 24.3 Å². The Labute approximate surface area is 193 Å². The maximum absolute atomic E-state index is 13.2. The summed E-state index contributed by atoms with van der Waals surface area (Å²) in [7, 11) is -3.71. The average Bonchev–Trinajstić information content (AvgIpc) is 2.78. The Hall–Kier alpha value is -2.23. The molecular weight excluding hydrogens is 453 g/mol. The van der Waals surface area contributed by atoms with Crippen molar-refractivity contribution in [3.63, 3.8) is 0 Å². The van der Waals surface area contributed by atoms with Crippen molar-refractivity contribution in [2.24, 2.45) is 0 Å². The Kier molecular flexibility index (Phi) is 7.97. The third kappa shape index (κ3) is 6.22. The second-order valence-electron chi connectivity index (χ2n) is 8.42. The largest absolute Gasteiger partial charge is 0.416 e. The number of nitrogens with zero attached hydrogens (tertiary/aromatic N) is 2. The molecule has 1 heterocycles. The van der Waals surface area contributed by atoms with Crippen LogP contribution in [0.2, 0.25) is 0 Å². The van der Waals surface area contributed by atoms with E-state index in [4.69, 9.17) is 0 Å². The number of ketones is 1. The van der Waals surface area contributed by atoms with Gasteiger partial charge in [0.15, 0.2) is 5.78 Å². The van der Waals surface area contributed by atoms with Crippen LogP contribution in [0.15, 0.2) is 53.4 Å². The van der Waals surface area contributed by atoms with E-state index in [1.807, 2.05) is 6.92 Å². The van der Waals surface area contributed by atoms with E-state index in [0.717, 1.165) is 37.1 Å². The van der Waals surface area contributed by atoms with Gasteiger partial charge in [0.05, 0.1) is 10.5 Å². The van der Waals surface area contributed by atoms with E-state index in [9.17, 15) is 26.4 Å². The fourth-order valence-electron chi connectivity index (χ4n) is 3.97. The minimum absolute atomic E-state index is 0.0367. The first-order chi connectivity index (χ1) is 15.5. The zero-order valence-corrected chi connectivity index (χ0v) is 19.6. The molecule has 1 unspecified atom stereocenters. The van der Waals surface area contributed by atoms with Crippen molar-refractivity contribution in [3.8, 4) is 0 Å². The van der Waals surface area contributed by atoms with Crippen LogP contribution in [0.1, 0.15) is 47.7 Å². The van der Waals surface area contributed by atoms with E-state index < -0.39 is 21.8 Å². The number of halogens is 3. The molecule has 180 valence electrons. The van der Waals surface area contributed by atoms with Crippen LogP contribution in [0.25, 0.3) is 0 Å². The maximum atomic E-state index is 13.2. The number of aryl methyl sites for hydroxylation is 1. The zero-order chi connectivity index (χ0) is 24.2. The van der Waals surface area contributed by atoms with Crippen LogP contribution >= 0.6 is 0 Å². The molecule has 2 aromatic rings. The van der Waals surface area contributed by atoms with Gasteiger partial charge in [-0.25, -0.2) is 8.42 Å². The zero-order valence-electron chi connectivity index (χ0n) is 18.8. The highest BCUT2D eigenvalue weighted by molar-refractivity contribution is 7.89. The Bertz CT molecular complexity index is 1050. The van der Waals surface area contributed by atoms with E-state index >= 15 is 0 Å². The van der Waals surface area contributed by atoms with Crippen molar-refractivity contribution in [1.82, 2.24) is 9.21 Å². The molecule has 0 radical (unpaired) electrons. The number of hydrogen-bond donors (Lipinski definition) is 0. The summed E-state index contributed by atoms with van der Waals surface area (Å²) < 4.78 is 66.2. The maximum Gasteiger partial charge on any atom is 0.416 e. The first-order valence-corrected chi connectivity index (χ1v) is 12.5. The van der Waals surface area contributed by atoms with Crippen LogP contribution in [0, 0.1) is 6.92 Å². The van der Waals surface area contributed by atoms with Gasteiger partial charge in [0.1, 0.15) is 0 Å². The molecule has 2 aromatic carbocycles. The van der Waals surface area contributed by atoms with Gasteiger partial charge in [-0.2, -0.15) is 17.5 Å². The summed E-state index contributed by atoms with van der Waals surface area (Å²) in [5.41, 5.74) is 0.340. The average molecular weight is 483 g/mol. The topological polar surface area (TPSA) is 57.7 Å². The molecule has 1 fully saturated rings. The van der Waals surface area contributed by atoms with Crippen molar-refractivity contribution in [2.45, 2.75) is 50.2 Å². The molecule has 0 aromatic heterocycles. The minimum atomic E-state index is -4.47. The molecule has 1 aliphatic rings. The summed E-state index contributed by atoms with van der Waals surface area (Å²) in [6, 6.07) is 10.5. The number of alkyl halides is 3. The van der Waals surface area contributed by atoms with Crippen LogP contribution in [0.3, 0.4) is 0 Å². The first-order valence-electron chi connectivity index (χ1n) is 11.0. The summed E-state index contributed by atoms with van der Waals surface area (Å²) in [5.74, 6) is -0.301. The molecule has 0 saturated carbocycles. The lowest BCUT2D eigenvalue weighted by atomic mass is 10.00. The molecule has 0 bridgehead atoms. The fourth-order valence-corrected chi connectivity index (χ4v) is 5.44. The molecule has 0 N–H and O–H groups in total. The number of hydrogen-bond acceptors (Lipinski definition) is 4. The number of benzene rings is 2. The van der Waals surface area contributed by atoms with Crippen molar-refractivity contribution in [1.29, 1.82) is 0 Å². The second kappa shape index (κ2) is 10.4. The summed E-state index contributed by atoms with van der Waals surface area (Å²) in [4.78, 5) is 15.2. The number of unbranched alkanes of at least 4 members (excludes halogenated alkanes) is 1. The fraction of sp³-hybridized carbons (Fsp3) is 0.458. The molecule has 5 nitrogen and oxygen atoms in total. The molecular formula is C24H29F3N2O3S. The van der Waals surface area contributed by atoms with Crippen molar-refractivity contribution >= 4 is 15.8 Å². The van der Waals surface area contributed by atoms with E-state index in [0.29, 0.717) is 13.1 Å².